The Morgan fingerprint density at radius 3 is 2.27 bits per heavy atom. The zero-order valence-corrected chi connectivity index (χ0v) is 33.8. The van der Waals surface area contributed by atoms with Crippen LogP contribution in [0.1, 0.15) is 120 Å². The van der Waals surface area contributed by atoms with Crippen LogP contribution in [-0.4, -0.2) is 78.7 Å². The van der Waals surface area contributed by atoms with Crippen LogP contribution in [0.25, 0.3) is 0 Å². The Bertz CT molecular complexity index is 1370. The largest absolute Gasteiger partial charge is 0.481 e. The molecule has 2 saturated heterocycles. The average molecular weight is 747 g/mol. The van der Waals surface area contributed by atoms with Crippen LogP contribution in [0.15, 0.2) is 59.8 Å². The number of allylic oxidation sites excluding steroid dienone is 4. The van der Waals surface area contributed by atoms with E-state index in [4.69, 9.17) is 28.8 Å². The molecule has 0 aliphatic carbocycles. The number of aliphatic carboxylic acids is 3. The van der Waals surface area contributed by atoms with Gasteiger partial charge >= 0.3 is 23.9 Å². The van der Waals surface area contributed by atoms with Crippen LogP contribution in [0.4, 0.5) is 0 Å². The molecule has 3 N–H and O–H groups in total. The van der Waals surface area contributed by atoms with Crippen LogP contribution < -0.4 is 0 Å². The average Bonchev–Trinajstić information content (AvgIpc) is 3.05. The van der Waals surface area contributed by atoms with E-state index in [1.54, 1.807) is 25.2 Å². The summed E-state index contributed by atoms with van der Waals surface area (Å²) in [6.45, 7) is 16.3. The fraction of sp³-hybridized carbons (Fsp3) is 0.650. The third kappa shape index (κ3) is 15.7. The molecule has 0 amide bonds. The molecule has 0 unspecified atom stereocenters. The number of hydrogen-bond donors (Lipinski definition) is 3. The lowest BCUT2D eigenvalue weighted by molar-refractivity contribution is -0.344. The maximum absolute atomic E-state index is 13.0. The Labute approximate surface area is 312 Å². The first-order valence-corrected chi connectivity index (χ1v) is 19.8. The zero-order valence-electron chi connectivity index (χ0n) is 32.4. The molecule has 12 heteroatoms. The van der Waals surface area contributed by atoms with Crippen molar-refractivity contribution in [3.63, 3.8) is 0 Å². The minimum Gasteiger partial charge on any atom is -0.481 e. The standard InChI is InChI=1S/C40H62O11Si/c1-9-10-22-39(50-37(47)20-19-35(43)44)24-25-40(49-33(39)17-13-28(3)26-36(45)46)23-21-30(5)31(48-40)15-11-27(2)12-16-32(51-52-38(6,7)8)29(4)14-18-34(41)42/h11-14,16-18,26,29-33H,9-10,15,19-25,52H2,1-8H3,(H,41,42)(H,43,44)(H,45,46)/b16-12+,17-13+,18-14+,27-11+,28-26+/t29-,30-,31+,32-,33-,39+,40-/m0/s1. The molecule has 0 aromatic heterocycles. The van der Waals surface area contributed by atoms with Gasteiger partial charge in [0.15, 0.2) is 15.6 Å². The predicted octanol–water partition coefficient (Wildman–Crippen LogP) is 7.46. The number of carbonyl (C=O) groups excluding carboxylic acids is 1. The minimum atomic E-state index is -1.09. The first-order valence-electron chi connectivity index (χ1n) is 18.5. The second-order valence-corrected chi connectivity index (χ2v) is 18.4. The third-order valence-electron chi connectivity index (χ3n) is 9.46. The molecule has 2 rings (SSSR count). The molecule has 292 valence electrons. The van der Waals surface area contributed by atoms with Crippen molar-refractivity contribution < 1.29 is 53.1 Å². The van der Waals surface area contributed by atoms with E-state index in [2.05, 4.69) is 33.8 Å². The van der Waals surface area contributed by atoms with Crippen molar-refractivity contribution in [1.29, 1.82) is 0 Å². The summed E-state index contributed by atoms with van der Waals surface area (Å²) < 4.78 is 26.1. The molecule has 7 atom stereocenters. The number of carbonyl (C=O) groups is 4. The summed E-state index contributed by atoms with van der Waals surface area (Å²) in [6, 6.07) is 0. The molecule has 0 aromatic rings. The van der Waals surface area contributed by atoms with Crippen molar-refractivity contribution in [3.8, 4) is 0 Å². The number of carboxylic acids is 3. The molecule has 1 spiro atoms. The second-order valence-electron chi connectivity index (χ2n) is 15.7. The first-order chi connectivity index (χ1) is 24.3. The van der Waals surface area contributed by atoms with Gasteiger partial charge in [-0.05, 0) is 62.5 Å². The summed E-state index contributed by atoms with van der Waals surface area (Å²) in [5, 5.41) is 27.6. The molecular formula is C40H62O11Si. The van der Waals surface area contributed by atoms with Crippen LogP contribution in [-0.2, 0) is 37.8 Å². The Morgan fingerprint density at radius 2 is 1.65 bits per heavy atom. The number of esters is 1. The van der Waals surface area contributed by atoms with Crippen molar-refractivity contribution in [2.75, 3.05) is 0 Å². The fourth-order valence-corrected chi connectivity index (χ4v) is 7.46. The number of rotatable bonds is 19. The van der Waals surface area contributed by atoms with Gasteiger partial charge in [-0.1, -0.05) is 90.0 Å². The van der Waals surface area contributed by atoms with E-state index in [1.165, 1.54) is 0 Å². The summed E-state index contributed by atoms with van der Waals surface area (Å²) in [4.78, 5) is 46.6. The van der Waals surface area contributed by atoms with Gasteiger partial charge in [0, 0.05) is 30.9 Å². The van der Waals surface area contributed by atoms with Crippen molar-refractivity contribution in [2.45, 2.75) is 154 Å². The smallest absolute Gasteiger partial charge is 0.328 e. The van der Waals surface area contributed by atoms with E-state index in [0.29, 0.717) is 37.7 Å². The van der Waals surface area contributed by atoms with Gasteiger partial charge in [0.25, 0.3) is 0 Å². The predicted molar refractivity (Wildman–Crippen MR) is 202 cm³/mol. The Balaban J connectivity index is 2.34. The highest BCUT2D eigenvalue weighted by molar-refractivity contribution is 6.31. The quantitative estimate of drug-likeness (QED) is 0.0520. The van der Waals surface area contributed by atoms with Gasteiger partial charge in [0.05, 0.1) is 25.0 Å². The number of carboxylic acid groups (broad SMARTS) is 3. The van der Waals surface area contributed by atoms with Gasteiger partial charge < -0.3 is 34.0 Å². The van der Waals surface area contributed by atoms with Crippen LogP contribution in [0.2, 0.25) is 5.04 Å². The van der Waals surface area contributed by atoms with Gasteiger partial charge in [0.1, 0.15) is 11.7 Å². The maximum Gasteiger partial charge on any atom is 0.328 e. The van der Waals surface area contributed by atoms with Crippen LogP contribution >= 0.6 is 0 Å². The summed E-state index contributed by atoms with van der Waals surface area (Å²) in [5.74, 6) is -4.59. The van der Waals surface area contributed by atoms with Gasteiger partial charge in [-0.3, -0.25) is 9.59 Å². The lowest BCUT2D eigenvalue weighted by Crippen LogP contribution is -2.59. The number of unbranched alkanes of at least 4 members (excludes halogenated alkanes) is 1. The molecule has 0 bridgehead atoms. The summed E-state index contributed by atoms with van der Waals surface area (Å²) in [7, 11) is -0.887. The normalized spacial score (nSPS) is 27.6. The first kappa shape index (κ1) is 44.8. The second kappa shape index (κ2) is 20.8. The molecule has 0 radical (unpaired) electrons. The molecule has 0 aromatic carbocycles. The van der Waals surface area contributed by atoms with Crippen LogP contribution in [0, 0.1) is 11.8 Å². The highest BCUT2D eigenvalue weighted by Crippen LogP contribution is 2.48. The van der Waals surface area contributed by atoms with Crippen LogP contribution in [0.5, 0.6) is 0 Å². The molecule has 11 nitrogen and oxygen atoms in total. The van der Waals surface area contributed by atoms with E-state index in [1.807, 2.05) is 32.9 Å². The fourth-order valence-electron chi connectivity index (χ4n) is 6.35. The third-order valence-corrected chi connectivity index (χ3v) is 10.9. The monoisotopic (exact) mass is 746 g/mol. The summed E-state index contributed by atoms with van der Waals surface area (Å²) in [6.07, 6.45) is 16.8. The molecule has 2 heterocycles. The maximum atomic E-state index is 13.0. The van der Waals surface area contributed by atoms with Gasteiger partial charge in [-0.2, -0.15) is 0 Å². The van der Waals surface area contributed by atoms with E-state index in [0.717, 1.165) is 37.0 Å². The molecular weight excluding hydrogens is 685 g/mol. The lowest BCUT2D eigenvalue weighted by Gasteiger charge is -2.53. The van der Waals surface area contributed by atoms with E-state index >= 15 is 0 Å². The minimum absolute atomic E-state index is 0.0826. The Kier molecular flexibility index (Phi) is 17.9. The molecule has 52 heavy (non-hydrogen) atoms. The lowest BCUT2D eigenvalue weighted by atomic mass is 9.78. The number of hydrogen-bond acceptors (Lipinski definition) is 8. The topological polar surface area (TPSA) is 166 Å². The highest BCUT2D eigenvalue weighted by atomic mass is 28.2. The van der Waals surface area contributed by atoms with E-state index in [-0.39, 0.29) is 41.9 Å². The zero-order chi connectivity index (χ0) is 39.1. The van der Waals surface area contributed by atoms with Crippen molar-refractivity contribution >= 4 is 33.6 Å². The van der Waals surface area contributed by atoms with Gasteiger partial charge in [-0.15, -0.1) is 0 Å². The highest BCUT2D eigenvalue weighted by Gasteiger charge is 2.54. The summed E-state index contributed by atoms with van der Waals surface area (Å²) in [5.41, 5.74) is 0.446. The van der Waals surface area contributed by atoms with Crippen molar-refractivity contribution in [3.05, 3.63) is 59.8 Å². The number of ether oxygens (including phenoxy) is 3. The van der Waals surface area contributed by atoms with Gasteiger partial charge in [-0.25, -0.2) is 9.59 Å². The van der Waals surface area contributed by atoms with Crippen molar-refractivity contribution in [1.82, 2.24) is 0 Å². The van der Waals surface area contributed by atoms with Crippen molar-refractivity contribution in [2.24, 2.45) is 11.8 Å². The molecule has 2 aliphatic rings. The SMILES string of the molecule is CCCC[C@@]1(OC(=O)CCC(=O)O)CC[C@]2(CC[C@H](C)[C@@H](C/C=C(C)/C=C/[C@H](O[SiH2]C(C)(C)C)[C@@H](C)/C=C/C(=O)O)O2)O[C@H]1/C=C/C(C)=C/C(=O)O. The molecule has 0 saturated carbocycles. The van der Waals surface area contributed by atoms with E-state index < -0.39 is 51.1 Å². The Morgan fingerprint density at radius 1 is 0.942 bits per heavy atom. The molecule has 2 fully saturated rings. The van der Waals surface area contributed by atoms with E-state index in [9.17, 15) is 24.3 Å². The van der Waals surface area contributed by atoms with Crippen LogP contribution in [0.3, 0.4) is 0 Å². The Hall–Kier alpha value is -3.32. The van der Waals surface area contributed by atoms with Gasteiger partial charge in [0.2, 0.25) is 0 Å². The molecule has 2 aliphatic heterocycles. The summed E-state index contributed by atoms with van der Waals surface area (Å²) >= 11 is 0.